The fourth-order valence-electron chi connectivity index (χ4n) is 3.99. The van der Waals surface area contributed by atoms with E-state index in [1.165, 1.54) is 0 Å². The van der Waals surface area contributed by atoms with E-state index in [1.54, 1.807) is 6.20 Å². The first kappa shape index (κ1) is 23.1. The SMILES string of the molecule is N=C/C(Nc1ncc2cc(Cl)c(C3CCN(C4COC4)CC3)cc2n1)=C(/Cl)NCC(F)F. The third kappa shape index (κ3) is 5.28. The van der Waals surface area contributed by atoms with E-state index in [4.69, 9.17) is 33.3 Å². The van der Waals surface area contributed by atoms with Gasteiger partial charge in [-0.15, -0.1) is 0 Å². The molecular weight excluding hydrogens is 461 g/mol. The van der Waals surface area contributed by atoms with Crippen molar-refractivity contribution in [3.8, 4) is 0 Å². The van der Waals surface area contributed by atoms with Gasteiger partial charge in [0.05, 0.1) is 37.0 Å². The smallest absolute Gasteiger partial charge is 0.255 e. The van der Waals surface area contributed by atoms with Crippen molar-refractivity contribution >= 4 is 46.3 Å². The van der Waals surface area contributed by atoms with E-state index in [-0.39, 0.29) is 16.8 Å². The van der Waals surface area contributed by atoms with Crippen LogP contribution in [0.5, 0.6) is 0 Å². The van der Waals surface area contributed by atoms with Crippen molar-refractivity contribution in [3.63, 3.8) is 0 Å². The summed E-state index contributed by atoms with van der Waals surface area (Å²) in [5.74, 6) is 0.557. The molecular formula is C21H24Cl2F2N6O. The number of nitrogens with zero attached hydrogens (tertiary/aromatic N) is 3. The summed E-state index contributed by atoms with van der Waals surface area (Å²) in [5, 5.41) is 14.1. The topological polar surface area (TPSA) is 86.2 Å². The van der Waals surface area contributed by atoms with Crippen LogP contribution in [0.15, 0.2) is 29.2 Å². The third-order valence-corrected chi connectivity index (χ3v) is 6.51. The minimum atomic E-state index is -2.57. The number of aromatic nitrogens is 2. The van der Waals surface area contributed by atoms with Crippen molar-refractivity contribution in [3.05, 3.63) is 39.8 Å². The molecule has 0 unspecified atom stereocenters. The van der Waals surface area contributed by atoms with Gasteiger partial charge in [-0.3, -0.25) is 4.90 Å². The predicted octanol–water partition coefficient (Wildman–Crippen LogP) is 4.19. The third-order valence-electron chi connectivity index (χ3n) is 5.84. The highest BCUT2D eigenvalue weighted by molar-refractivity contribution is 6.32. The molecule has 2 aliphatic rings. The Morgan fingerprint density at radius 3 is 2.69 bits per heavy atom. The van der Waals surface area contributed by atoms with Gasteiger partial charge in [0.25, 0.3) is 6.43 Å². The van der Waals surface area contributed by atoms with Gasteiger partial charge < -0.3 is 20.8 Å². The molecule has 2 aromatic rings. The lowest BCUT2D eigenvalue weighted by Crippen LogP contribution is -2.51. The molecule has 3 N–H and O–H groups in total. The number of alkyl halides is 2. The molecule has 32 heavy (non-hydrogen) atoms. The number of piperidine rings is 1. The fraction of sp³-hybridized carbons (Fsp3) is 0.476. The number of likely N-dealkylation sites (tertiary alicyclic amines) is 1. The zero-order chi connectivity index (χ0) is 22.7. The van der Waals surface area contributed by atoms with Crippen LogP contribution in [0.2, 0.25) is 5.02 Å². The summed E-state index contributed by atoms with van der Waals surface area (Å²) in [6, 6.07) is 4.40. The Morgan fingerprint density at radius 1 is 1.31 bits per heavy atom. The second-order valence-corrected chi connectivity index (χ2v) is 8.68. The Labute approximate surface area is 194 Å². The molecule has 0 saturated carbocycles. The molecule has 172 valence electrons. The number of hydrogen-bond donors (Lipinski definition) is 3. The van der Waals surface area contributed by atoms with Crippen molar-refractivity contribution in [2.24, 2.45) is 0 Å². The molecule has 3 heterocycles. The van der Waals surface area contributed by atoms with E-state index in [0.717, 1.165) is 56.3 Å². The average molecular weight is 485 g/mol. The number of allylic oxidation sites excluding steroid dienone is 1. The van der Waals surface area contributed by atoms with Gasteiger partial charge in [-0.2, -0.15) is 0 Å². The van der Waals surface area contributed by atoms with Crippen LogP contribution in [-0.2, 0) is 4.74 Å². The van der Waals surface area contributed by atoms with Gasteiger partial charge in [-0.05, 0) is 49.5 Å². The van der Waals surface area contributed by atoms with Crippen molar-refractivity contribution in [1.29, 1.82) is 5.41 Å². The van der Waals surface area contributed by atoms with Crippen LogP contribution in [0.3, 0.4) is 0 Å². The molecule has 4 rings (SSSR count). The molecule has 0 spiro atoms. The molecule has 0 aliphatic carbocycles. The van der Waals surface area contributed by atoms with Gasteiger partial charge in [0.1, 0.15) is 5.16 Å². The summed E-state index contributed by atoms with van der Waals surface area (Å²) < 4.78 is 30.1. The Balaban J connectivity index is 1.51. The van der Waals surface area contributed by atoms with Crippen molar-refractivity contribution in [1.82, 2.24) is 20.2 Å². The maximum atomic E-state index is 12.4. The molecule has 2 fully saturated rings. The first-order valence-corrected chi connectivity index (χ1v) is 11.2. The van der Waals surface area contributed by atoms with Crippen molar-refractivity contribution < 1.29 is 13.5 Å². The molecule has 1 aromatic carbocycles. The van der Waals surface area contributed by atoms with Gasteiger partial charge in [0.2, 0.25) is 5.95 Å². The highest BCUT2D eigenvalue weighted by Gasteiger charge is 2.30. The zero-order valence-corrected chi connectivity index (χ0v) is 18.8. The Hall–Kier alpha value is -2.07. The average Bonchev–Trinajstić information content (AvgIpc) is 2.75. The molecule has 11 heteroatoms. The first-order chi connectivity index (χ1) is 15.4. The molecule has 2 saturated heterocycles. The lowest BCUT2D eigenvalue weighted by molar-refractivity contribution is -0.0712. The summed E-state index contributed by atoms with van der Waals surface area (Å²) in [4.78, 5) is 11.2. The monoisotopic (exact) mass is 484 g/mol. The molecule has 1 aromatic heterocycles. The van der Waals surface area contributed by atoms with Crippen LogP contribution in [-0.4, -0.2) is 66.4 Å². The number of fused-ring (bicyclic) bond motifs is 1. The van der Waals surface area contributed by atoms with Crippen molar-refractivity contribution in [2.45, 2.75) is 31.2 Å². The minimum absolute atomic E-state index is 0.0909. The second-order valence-electron chi connectivity index (χ2n) is 7.90. The van der Waals surface area contributed by atoms with E-state index in [1.807, 2.05) is 12.1 Å². The molecule has 0 bridgehead atoms. The second kappa shape index (κ2) is 10.2. The lowest BCUT2D eigenvalue weighted by atomic mass is 9.88. The number of anilines is 1. The Morgan fingerprint density at radius 2 is 2.06 bits per heavy atom. The van der Waals surface area contributed by atoms with Crippen LogP contribution >= 0.6 is 23.2 Å². The molecule has 0 radical (unpaired) electrons. The van der Waals surface area contributed by atoms with E-state index >= 15 is 0 Å². The standard InChI is InChI=1S/C21H24Cl2F2N6O/c22-16-5-13-8-28-21(30-18(7-26)20(23)27-9-19(24)25)29-17(13)6-15(16)12-1-3-31(4-2-12)14-10-32-11-14/h5-8,12,14,19,26-27H,1-4,9-11H2,(H,28,29,30)/b20-18+,26-7?. The Bertz CT molecular complexity index is 1010. The van der Waals surface area contributed by atoms with Gasteiger partial charge in [-0.25, -0.2) is 18.7 Å². The molecule has 0 amide bonds. The summed E-state index contributed by atoms with van der Waals surface area (Å²) >= 11 is 12.6. The highest BCUT2D eigenvalue weighted by atomic mass is 35.5. The van der Waals surface area contributed by atoms with Crippen LogP contribution in [0.1, 0.15) is 24.3 Å². The number of ether oxygens (including phenoxy) is 1. The zero-order valence-electron chi connectivity index (χ0n) is 17.3. The van der Waals surface area contributed by atoms with Gasteiger partial charge in [0, 0.05) is 22.8 Å². The van der Waals surface area contributed by atoms with Crippen molar-refractivity contribution in [2.75, 3.05) is 38.2 Å². The molecule has 2 aliphatic heterocycles. The summed E-state index contributed by atoms with van der Waals surface area (Å²) in [6.07, 6.45) is 2.02. The first-order valence-electron chi connectivity index (χ1n) is 10.4. The van der Waals surface area contributed by atoms with E-state index in [2.05, 4.69) is 25.5 Å². The normalized spacial score (nSPS) is 19.0. The molecule has 7 nitrogen and oxygen atoms in total. The summed E-state index contributed by atoms with van der Waals surface area (Å²) in [6.45, 7) is 3.05. The van der Waals surface area contributed by atoms with E-state index in [0.29, 0.717) is 22.5 Å². The highest BCUT2D eigenvalue weighted by Crippen LogP contribution is 2.36. The number of benzene rings is 1. The number of halogens is 4. The predicted molar refractivity (Wildman–Crippen MR) is 122 cm³/mol. The van der Waals surface area contributed by atoms with Crippen LogP contribution < -0.4 is 10.6 Å². The number of nitrogens with one attached hydrogen (secondary N) is 3. The Kier molecular flexibility index (Phi) is 7.40. The van der Waals surface area contributed by atoms with E-state index in [9.17, 15) is 8.78 Å². The molecule has 0 atom stereocenters. The van der Waals surface area contributed by atoms with Crippen LogP contribution in [0.25, 0.3) is 10.9 Å². The minimum Gasteiger partial charge on any atom is -0.378 e. The summed E-state index contributed by atoms with van der Waals surface area (Å²) in [5.41, 5.74) is 1.86. The van der Waals surface area contributed by atoms with Gasteiger partial charge in [-0.1, -0.05) is 23.2 Å². The maximum absolute atomic E-state index is 12.4. The summed E-state index contributed by atoms with van der Waals surface area (Å²) in [7, 11) is 0. The fourth-order valence-corrected chi connectivity index (χ4v) is 4.49. The maximum Gasteiger partial charge on any atom is 0.255 e. The number of hydrogen-bond acceptors (Lipinski definition) is 7. The largest absolute Gasteiger partial charge is 0.378 e. The number of rotatable bonds is 8. The lowest BCUT2D eigenvalue weighted by Gasteiger charge is -2.41. The van der Waals surface area contributed by atoms with Gasteiger partial charge >= 0.3 is 0 Å². The van der Waals surface area contributed by atoms with Crippen LogP contribution in [0, 0.1) is 5.41 Å². The quantitative estimate of drug-likeness (QED) is 0.384. The van der Waals surface area contributed by atoms with Gasteiger partial charge in [0.15, 0.2) is 0 Å². The van der Waals surface area contributed by atoms with E-state index < -0.39 is 13.0 Å². The van der Waals surface area contributed by atoms with Crippen LogP contribution in [0.4, 0.5) is 14.7 Å².